The molecule has 1 aromatic carbocycles. The molecule has 0 spiro atoms. The summed E-state index contributed by atoms with van der Waals surface area (Å²) in [6, 6.07) is 12.9. The summed E-state index contributed by atoms with van der Waals surface area (Å²) >= 11 is 11.9. The molecule has 1 saturated heterocycles. The second-order valence-corrected chi connectivity index (χ2v) is 7.94. The van der Waals surface area contributed by atoms with Gasteiger partial charge in [0.25, 0.3) is 0 Å². The molecule has 2 atom stereocenters. The predicted octanol–water partition coefficient (Wildman–Crippen LogP) is 5.00. The maximum atomic E-state index is 10.5. The van der Waals surface area contributed by atoms with E-state index in [0.717, 1.165) is 11.3 Å². The van der Waals surface area contributed by atoms with Crippen molar-refractivity contribution < 1.29 is 5.11 Å². The van der Waals surface area contributed by atoms with Crippen LogP contribution in [0, 0.1) is 0 Å². The average Bonchev–Trinajstić information content (AvgIpc) is 3.29. The summed E-state index contributed by atoms with van der Waals surface area (Å²) in [6.07, 6.45) is 5.96. The van der Waals surface area contributed by atoms with E-state index in [1.165, 1.54) is 0 Å². The summed E-state index contributed by atoms with van der Waals surface area (Å²) in [4.78, 5) is 6.46. The quantitative estimate of drug-likeness (QED) is 0.590. The number of thiocarbonyl (C=S) groups is 1. The third kappa shape index (κ3) is 3.34. The molecule has 7 heteroatoms. The number of hydrogen-bond donors (Lipinski definition) is 2. The van der Waals surface area contributed by atoms with Crippen LogP contribution in [0.15, 0.2) is 61.1 Å². The van der Waals surface area contributed by atoms with Gasteiger partial charge in [0.2, 0.25) is 0 Å². The molecule has 0 saturated carbocycles. The Kier molecular flexibility index (Phi) is 5.00. The van der Waals surface area contributed by atoms with Crippen LogP contribution in [0.25, 0.3) is 0 Å². The fraction of sp³-hybridized carbons (Fsp3) is 0.238. The van der Waals surface area contributed by atoms with Gasteiger partial charge in [-0.1, -0.05) is 17.7 Å². The maximum Gasteiger partial charge on any atom is 0.174 e. The monoisotopic (exact) mass is 412 g/mol. The zero-order valence-corrected chi connectivity index (χ0v) is 17.2. The van der Waals surface area contributed by atoms with E-state index in [9.17, 15) is 5.11 Å². The van der Waals surface area contributed by atoms with E-state index in [1.54, 1.807) is 24.4 Å². The van der Waals surface area contributed by atoms with Crippen molar-refractivity contribution in [3.05, 3.63) is 77.3 Å². The van der Waals surface area contributed by atoms with Gasteiger partial charge in [0.15, 0.2) is 5.11 Å². The van der Waals surface area contributed by atoms with Crippen molar-refractivity contribution in [3.63, 3.8) is 0 Å². The molecule has 0 radical (unpaired) electrons. The van der Waals surface area contributed by atoms with Gasteiger partial charge in [0.1, 0.15) is 5.75 Å². The van der Waals surface area contributed by atoms with Crippen molar-refractivity contribution >= 4 is 34.6 Å². The lowest BCUT2D eigenvalue weighted by atomic mass is 9.98. The molecule has 144 valence electrons. The molecular formula is C21H21ClN4OS. The van der Waals surface area contributed by atoms with Crippen LogP contribution in [-0.2, 0) is 0 Å². The lowest BCUT2D eigenvalue weighted by molar-refractivity contribution is 0.472. The maximum absolute atomic E-state index is 10.5. The second kappa shape index (κ2) is 7.45. The van der Waals surface area contributed by atoms with Gasteiger partial charge in [-0.25, -0.2) is 0 Å². The molecule has 28 heavy (non-hydrogen) atoms. The van der Waals surface area contributed by atoms with Crippen LogP contribution in [0.3, 0.4) is 0 Å². The van der Waals surface area contributed by atoms with Crippen LogP contribution >= 0.6 is 23.8 Å². The highest BCUT2D eigenvalue weighted by atomic mass is 35.5. The number of hydrogen-bond acceptors (Lipinski definition) is 3. The van der Waals surface area contributed by atoms with Gasteiger partial charge >= 0.3 is 0 Å². The molecule has 1 aliphatic heterocycles. The van der Waals surface area contributed by atoms with Gasteiger partial charge in [-0.3, -0.25) is 4.98 Å². The Labute approximate surface area is 174 Å². The van der Waals surface area contributed by atoms with Gasteiger partial charge in [0.05, 0.1) is 23.5 Å². The summed E-state index contributed by atoms with van der Waals surface area (Å²) in [5.74, 6) is 0.128. The smallest absolute Gasteiger partial charge is 0.174 e. The molecule has 0 aliphatic carbocycles. The topological polar surface area (TPSA) is 53.3 Å². The SMILES string of the molecule is CC(C)n1ccc([C@H]2[C@@H](c3ccccn3)NC(=S)N2c2cc(Cl)ccc2O)c1. The highest BCUT2D eigenvalue weighted by molar-refractivity contribution is 7.80. The zero-order chi connectivity index (χ0) is 19.8. The molecular weight excluding hydrogens is 392 g/mol. The average molecular weight is 413 g/mol. The molecule has 5 nitrogen and oxygen atoms in total. The minimum atomic E-state index is -0.174. The summed E-state index contributed by atoms with van der Waals surface area (Å²) in [5.41, 5.74) is 2.54. The minimum Gasteiger partial charge on any atom is -0.506 e. The second-order valence-electron chi connectivity index (χ2n) is 7.12. The molecule has 2 N–H and O–H groups in total. The first-order valence-corrected chi connectivity index (χ1v) is 9.91. The fourth-order valence-electron chi connectivity index (χ4n) is 3.57. The molecule has 2 aromatic heterocycles. The lowest BCUT2D eigenvalue weighted by Gasteiger charge is -2.28. The Balaban J connectivity index is 1.85. The molecule has 3 heterocycles. The van der Waals surface area contributed by atoms with Crippen molar-refractivity contribution in [1.82, 2.24) is 14.9 Å². The van der Waals surface area contributed by atoms with Crippen molar-refractivity contribution in [3.8, 4) is 5.75 Å². The summed E-state index contributed by atoms with van der Waals surface area (Å²) in [6.45, 7) is 4.27. The summed E-state index contributed by atoms with van der Waals surface area (Å²) in [7, 11) is 0. The van der Waals surface area contributed by atoms with E-state index in [-0.39, 0.29) is 17.8 Å². The predicted molar refractivity (Wildman–Crippen MR) is 116 cm³/mol. The Morgan fingerprint density at radius 3 is 2.71 bits per heavy atom. The summed E-state index contributed by atoms with van der Waals surface area (Å²) in [5, 5.41) is 15.0. The van der Waals surface area contributed by atoms with Crippen LogP contribution in [-0.4, -0.2) is 19.8 Å². The van der Waals surface area contributed by atoms with E-state index in [4.69, 9.17) is 23.8 Å². The Morgan fingerprint density at radius 1 is 1.21 bits per heavy atom. The van der Waals surface area contributed by atoms with Crippen molar-refractivity contribution in [2.24, 2.45) is 0 Å². The number of nitrogens with zero attached hydrogens (tertiary/aromatic N) is 3. The van der Waals surface area contributed by atoms with Crippen LogP contribution in [0.2, 0.25) is 5.02 Å². The first kappa shape index (κ1) is 18.8. The number of rotatable bonds is 4. The number of halogens is 1. The Morgan fingerprint density at radius 2 is 2.04 bits per heavy atom. The van der Waals surface area contributed by atoms with Crippen LogP contribution < -0.4 is 10.2 Å². The normalized spacial score (nSPS) is 19.3. The summed E-state index contributed by atoms with van der Waals surface area (Å²) < 4.78 is 2.15. The molecule has 1 fully saturated rings. The standard InChI is InChI=1S/C21H21ClN4OS/c1-13(2)25-10-8-14(12-25)20-19(16-5-3-4-9-23-16)24-21(28)26(20)17-11-15(22)6-7-18(17)27/h3-13,19-20,27H,1-2H3,(H,24,28)/t19-,20+/m1/s1. The molecule has 0 bridgehead atoms. The van der Waals surface area contributed by atoms with Crippen LogP contribution in [0.4, 0.5) is 5.69 Å². The van der Waals surface area contributed by atoms with E-state index in [0.29, 0.717) is 21.9 Å². The zero-order valence-electron chi connectivity index (χ0n) is 15.6. The number of phenolic OH excluding ortho intramolecular Hbond substituents is 1. The third-order valence-electron chi connectivity index (χ3n) is 4.97. The molecule has 0 amide bonds. The Hall–Kier alpha value is -2.57. The molecule has 4 rings (SSSR count). The van der Waals surface area contributed by atoms with Gasteiger partial charge in [0, 0.05) is 29.7 Å². The fourth-order valence-corrected chi connectivity index (χ4v) is 4.07. The van der Waals surface area contributed by atoms with E-state index < -0.39 is 0 Å². The van der Waals surface area contributed by atoms with E-state index in [2.05, 4.69) is 47.2 Å². The van der Waals surface area contributed by atoms with Crippen molar-refractivity contribution in [1.29, 1.82) is 0 Å². The number of pyridine rings is 1. The number of aromatic hydroxyl groups is 1. The molecule has 1 aliphatic rings. The number of nitrogens with one attached hydrogen (secondary N) is 1. The van der Waals surface area contributed by atoms with Gasteiger partial charge < -0.3 is 19.9 Å². The number of anilines is 1. The Bertz CT molecular complexity index is 1000. The highest BCUT2D eigenvalue weighted by Crippen LogP contribution is 2.45. The first-order valence-electron chi connectivity index (χ1n) is 9.12. The molecule has 3 aromatic rings. The molecule has 0 unspecified atom stereocenters. The number of benzene rings is 1. The van der Waals surface area contributed by atoms with E-state index in [1.807, 2.05) is 23.1 Å². The van der Waals surface area contributed by atoms with Gasteiger partial charge in [-0.05, 0) is 68.0 Å². The van der Waals surface area contributed by atoms with Gasteiger partial charge in [-0.2, -0.15) is 0 Å². The number of aromatic nitrogens is 2. The van der Waals surface area contributed by atoms with Crippen LogP contribution in [0.1, 0.15) is 43.2 Å². The van der Waals surface area contributed by atoms with E-state index >= 15 is 0 Å². The first-order chi connectivity index (χ1) is 13.5. The van der Waals surface area contributed by atoms with Gasteiger partial charge in [-0.15, -0.1) is 0 Å². The van der Waals surface area contributed by atoms with Crippen LogP contribution in [0.5, 0.6) is 5.75 Å². The lowest BCUT2D eigenvalue weighted by Crippen LogP contribution is -2.29. The highest BCUT2D eigenvalue weighted by Gasteiger charge is 2.42. The van der Waals surface area contributed by atoms with Crippen molar-refractivity contribution in [2.45, 2.75) is 32.0 Å². The van der Waals surface area contributed by atoms with Crippen molar-refractivity contribution in [2.75, 3.05) is 4.90 Å². The third-order valence-corrected chi connectivity index (χ3v) is 5.52. The largest absolute Gasteiger partial charge is 0.506 e. The number of phenols is 1. The minimum absolute atomic E-state index is 0.128.